The molecule has 0 bridgehead atoms. The fraction of sp³-hybridized carbons (Fsp3) is 0.667. The second-order valence-corrected chi connectivity index (χ2v) is 4.46. The minimum atomic E-state index is -1.05. The van der Waals surface area contributed by atoms with E-state index in [1.807, 2.05) is 0 Å². The summed E-state index contributed by atoms with van der Waals surface area (Å²) in [5, 5.41) is 20.5. The molecule has 2 amide bonds. The first-order chi connectivity index (χ1) is 10.1. The molecular weight excluding hydrogens is 278 g/mol. The van der Waals surface area contributed by atoms with Crippen molar-refractivity contribution in [3.05, 3.63) is 12.2 Å². The molecule has 0 aromatic carbocycles. The summed E-state index contributed by atoms with van der Waals surface area (Å²) in [6, 6.07) is -1.40. The van der Waals surface area contributed by atoms with Crippen LogP contribution in [-0.2, 0) is 16.0 Å². The van der Waals surface area contributed by atoms with E-state index in [4.69, 9.17) is 9.84 Å². The van der Waals surface area contributed by atoms with Crippen LogP contribution >= 0.6 is 0 Å². The van der Waals surface area contributed by atoms with Crippen molar-refractivity contribution in [3.8, 4) is 0 Å². The lowest BCUT2D eigenvalue weighted by Crippen LogP contribution is -2.46. The van der Waals surface area contributed by atoms with Crippen LogP contribution in [0, 0.1) is 0 Å². The number of aromatic nitrogens is 3. The van der Waals surface area contributed by atoms with E-state index in [9.17, 15) is 9.59 Å². The number of carbonyl (C=O) groups excluding carboxylic acids is 1. The molecule has 4 N–H and O–H groups in total. The topological polar surface area (TPSA) is 129 Å². The Morgan fingerprint density at radius 3 is 2.90 bits per heavy atom. The highest BCUT2D eigenvalue weighted by molar-refractivity contribution is 5.82. The number of nitrogens with zero attached hydrogens (tertiary/aromatic N) is 2. The van der Waals surface area contributed by atoms with Crippen LogP contribution in [0.4, 0.5) is 4.79 Å². The van der Waals surface area contributed by atoms with E-state index < -0.39 is 18.0 Å². The van der Waals surface area contributed by atoms with Gasteiger partial charge in [-0.05, 0) is 19.3 Å². The average Bonchev–Trinajstić information content (AvgIpc) is 2.96. The molecular formula is C12H21N5O4. The van der Waals surface area contributed by atoms with Crippen molar-refractivity contribution in [1.29, 1.82) is 0 Å². The van der Waals surface area contributed by atoms with Gasteiger partial charge in [-0.25, -0.2) is 14.6 Å². The molecule has 9 heteroatoms. The van der Waals surface area contributed by atoms with E-state index in [-0.39, 0.29) is 0 Å². The van der Waals surface area contributed by atoms with Crippen molar-refractivity contribution < 1.29 is 19.4 Å². The fourth-order valence-corrected chi connectivity index (χ4v) is 1.71. The Labute approximate surface area is 122 Å². The molecule has 0 radical (unpaired) electrons. The Balaban J connectivity index is 2.18. The second kappa shape index (κ2) is 9.70. The minimum Gasteiger partial charge on any atom is -0.480 e. The van der Waals surface area contributed by atoms with Gasteiger partial charge in [0.05, 0.1) is 0 Å². The number of aliphatic carboxylic acids is 1. The quantitative estimate of drug-likeness (QED) is 0.447. The molecule has 0 aliphatic carbocycles. The zero-order chi connectivity index (χ0) is 15.5. The van der Waals surface area contributed by atoms with Gasteiger partial charge in [0.2, 0.25) is 0 Å². The molecule has 0 saturated carbocycles. The van der Waals surface area contributed by atoms with Crippen LogP contribution in [0.2, 0.25) is 0 Å². The fourth-order valence-electron chi connectivity index (χ4n) is 1.71. The van der Waals surface area contributed by atoms with Crippen molar-refractivity contribution in [2.24, 2.45) is 0 Å². The van der Waals surface area contributed by atoms with Gasteiger partial charge in [0, 0.05) is 26.7 Å². The van der Waals surface area contributed by atoms with Gasteiger partial charge in [0.1, 0.15) is 18.2 Å². The first-order valence-corrected chi connectivity index (χ1v) is 6.74. The number of aromatic amines is 1. The molecule has 0 aliphatic rings. The zero-order valence-electron chi connectivity index (χ0n) is 12.0. The third-order valence-electron chi connectivity index (χ3n) is 2.79. The summed E-state index contributed by atoms with van der Waals surface area (Å²) < 4.78 is 4.86. The summed E-state index contributed by atoms with van der Waals surface area (Å²) in [6.45, 7) is 0.890. The second-order valence-electron chi connectivity index (χ2n) is 4.46. The number of aryl methyl sites for hydroxylation is 1. The van der Waals surface area contributed by atoms with E-state index in [1.54, 1.807) is 7.11 Å². The molecule has 1 atom stereocenters. The van der Waals surface area contributed by atoms with Gasteiger partial charge < -0.3 is 20.5 Å². The number of rotatable bonds is 10. The molecule has 1 unspecified atom stereocenters. The number of carboxylic acid groups (broad SMARTS) is 1. The average molecular weight is 299 g/mol. The first kappa shape index (κ1) is 16.9. The van der Waals surface area contributed by atoms with Crippen LogP contribution in [0.1, 0.15) is 25.1 Å². The predicted octanol–water partition coefficient (Wildman–Crippen LogP) is -0.0837. The van der Waals surface area contributed by atoms with Gasteiger partial charge in [-0.3, -0.25) is 5.10 Å². The molecule has 9 nitrogen and oxygen atoms in total. The summed E-state index contributed by atoms with van der Waals surface area (Å²) in [7, 11) is 1.55. The van der Waals surface area contributed by atoms with Gasteiger partial charge >= 0.3 is 12.0 Å². The highest BCUT2D eigenvalue weighted by Gasteiger charge is 2.18. The number of hydrogen-bond donors (Lipinski definition) is 4. The highest BCUT2D eigenvalue weighted by Crippen LogP contribution is 1.98. The molecule has 1 heterocycles. The summed E-state index contributed by atoms with van der Waals surface area (Å²) >= 11 is 0. The largest absolute Gasteiger partial charge is 0.480 e. The minimum absolute atomic E-state index is 0.328. The van der Waals surface area contributed by atoms with Crippen molar-refractivity contribution in [2.75, 3.05) is 20.3 Å². The highest BCUT2D eigenvalue weighted by atomic mass is 16.5. The van der Waals surface area contributed by atoms with Crippen LogP contribution in [0.25, 0.3) is 0 Å². The Kier molecular flexibility index (Phi) is 7.80. The lowest BCUT2D eigenvalue weighted by Gasteiger charge is -2.14. The molecule has 0 fully saturated rings. The monoisotopic (exact) mass is 299 g/mol. The molecule has 21 heavy (non-hydrogen) atoms. The van der Waals surface area contributed by atoms with Crippen molar-refractivity contribution in [1.82, 2.24) is 25.8 Å². The Morgan fingerprint density at radius 2 is 2.29 bits per heavy atom. The zero-order valence-corrected chi connectivity index (χ0v) is 12.0. The number of urea groups is 1. The number of carbonyl (C=O) groups is 2. The summed E-state index contributed by atoms with van der Waals surface area (Å²) in [5.41, 5.74) is 0. The Hall–Kier alpha value is -2.16. The van der Waals surface area contributed by atoms with Crippen LogP contribution in [-0.4, -0.2) is 58.6 Å². The van der Waals surface area contributed by atoms with E-state index in [0.29, 0.717) is 38.8 Å². The molecule has 0 spiro atoms. The van der Waals surface area contributed by atoms with E-state index >= 15 is 0 Å². The molecule has 118 valence electrons. The molecule has 1 rings (SSSR count). The van der Waals surface area contributed by atoms with Gasteiger partial charge in [-0.15, -0.1) is 0 Å². The van der Waals surface area contributed by atoms with Crippen LogP contribution in [0.5, 0.6) is 0 Å². The van der Waals surface area contributed by atoms with Crippen molar-refractivity contribution in [3.63, 3.8) is 0 Å². The van der Waals surface area contributed by atoms with E-state index in [1.165, 1.54) is 6.33 Å². The van der Waals surface area contributed by atoms with Gasteiger partial charge in [0.15, 0.2) is 0 Å². The van der Waals surface area contributed by atoms with Crippen LogP contribution in [0.15, 0.2) is 6.33 Å². The van der Waals surface area contributed by atoms with Crippen molar-refractivity contribution in [2.45, 2.75) is 31.7 Å². The first-order valence-electron chi connectivity index (χ1n) is 6.74. The predicted molar refractivity (Wildman–Crippen MR) is 73.8 cm³/mol. The maximum atomic E-state index is 11.6. The molecule has 1 aromatic rings. The molecule has 0 saturated heterocycles. The summed E-state index contributed by atoms with van der Waals surface area (Å²) in [4.78, 5) is 26.6. The van der Waals surface area contributed by atoms with Gasteiger partial charge in [-0.2, -0.15) is 5.10 Å². The smallest absolute Gasteiger partial charge is 0.326 e. The SMILES string of the molecule is COCCCC(NC(=O)NCCCc1ncn[nH]1)C(=O)O. The number of carboxylic acids is 1. The number of methoxy groups -OCH3 is 1. The van der Waals surface area contributed by atoms with Gasteiger partial charge in [-0.1, -0.05) is 0 Å². The van der Waals surface area contributed by atoms with E-state index in [0.717, 1.165) is 5.82 Å². The number of ether oxygens (including phenoxy) is 1. The van der Waals surface area contributed by atoms with Crippen LogP contribution < -0.4 is 10.6 Å². The Bertz CT molecular complexity index is 423. The molecule has 1 aromatic heterocycles. The lowest BCUT2D eigenvalue weighted by molar-refractivity contribution is -0.139. The maximum absolute atomic E-state index is 11.6. The van der Waals surface area contributed by atoms with Gasteiger partial charge in [0.25, 0.3) is 0 Å². The molecule has 0 aliphatic heterocycles. The summed E-state index contributed by atoms with van der Waals surface area (Å²) in [6.07, 6.45) is 3.67. The standard InChI is InChI=1S/C12H21N5O4/c1-21-7-3-4-9(11(18)19)16-12(20)13-6-2-5-10-14-8-15-17-10/h8-9H,2-7H2,1H3,(H,18,19)(H2,13,16,20)(H,14,15,17). The number of nitrogens with one attached hydrogen (secondary N) is 3. The van der Waals surface area contributed by atoms with E-state index in [2.05, 4.69) is 25.8 Å². The summed E-state index contributed by atoms with van der Waals surface area (Å²) in [5.74, 6) is -0.303. The Morgan fingerprint density at radius 1 is 1.48 bits per heavy atom. The third-order valence-corrected chi connectivity index (χ3v) is 2.79. The number of amides is 2. The van der Waals surface area contributed by atoms with Crippen molar-refractivity contribution >= 4 is 12.0 Å². The normalized spacial score (nSPS) is 11.9. The number of hydrogen-bond acceptors (Lipinski definition) is 5. The maximum Gasteiger partial charge on any atom is 0.326 e. The van der Waals surface area contributed by atoms with Crippen LogP contribution in [0.3, 0.4) is 0 Å². The third kappa shape index (κ3) is 7.25. The lowest BCUT2D eigenvalue weighted by atomic mass is 10.1. The number of H-pyrrole nitrogens is 1.